The van der Waals surface area contributed by atoms with Crippen molar-refractivity contribution >= 4 is 27.5 Å². The van der Waals surface area contributed by atoms with Crippen molar-refractivity contribution in [2.75, 3.05) is 19.8 Å². The van der Waals surface area contributed by atoms with Gasteiger partial charge in [0.1, 0.15) is 5.75 Å². The summed E-state index contributed by atoms with van der Waals surface area (Å²) in [6.45, 7) is 0.996. The highest BCUT2D eigenvalue weighted by Crippen LogP contribution is 2.28. The van der Waals surface area contributed by atoms with Crippen molar-refractivity contribution in [3.8, 4) is 5.75 Å². The van der Waals surface area contributed by atoms with Gasteiger partial charge in [-0.15, -0.1) is 0 Å². The quantitative estimate of drug-likeness (QED) is 0.677. The molecule has 0 unspecified atom stereocenters. The third-order valence-electron chi connectivity index (χ3n) is 4.80. The van der Waals surface area contributed by atoms with Crippen molar-refractivity contribution in [2.45, 2.75) is 55.6 Å². The molecule has 2 N–H and O–H groups in total. The first-order valence-electron chi connectivity index (χ1n) is 9.27. The number of rotatable bonds is 8. The van der Waals surface area contributed by atoms with E-state index in [4.69, 9.17) is 21.1 Å². The largest absolute Gasteiger partial charge is 0.482 e. The highest BCUT2D eigenvalue weighted by molar-refractivity contribution is 7.89. The molecule has 1 aromatic rings. The molecule has 1 saturated heterocycles. The van der Waals surface area contributed by atoms with Crippen LogP contribution in [0.2, 0.25) is 5.02 Å². The SMILES string of the molecule is O=C(COc1ccc(S(=O)(=O)NC2CCCC2)cc1Cl)NC[C@@H]1CCCO1. The van der Waals surface area contributed by atoms with Crippen LogP contribution < -0.4 is 14.8 Å². The van der Waals surface area contributed by atoms with Crippen LogP contribution in [0.15, 0.2) is 23.1 Å². The summed E-state index contributed by atoms with van der Waals surface area (Å²) in [6, 6.07) is 4.23. The molecule has 9 heteroatoms. The fourth-order valence-corrected chi connectivity index (χ4v) is 4.95. The zero-order valence-electron chi connectivity index (χ0n) is 15.1. The Morgan fingerprint density at radius 3 is 2.67 bits per heavy atom. The van der Waals surface area contributed by atoms with Gasteiger partial charge < -0.3 is 14.8 Å². The predicted molar refractivity (Wildman–Crippen MR) is 102 cm³/mol. The van der Waals surface area contributed by atoms with Crippen LogP contribution in [0.5, 0.6) is 5.75 Å². The van der Waals surface area contributed by atoms with E-state index in [1.807, 2.05) is 0 Å². The van der Waals surface area contributed by atoms with Crippen molar-refractivity contribution in [3.05, 3.63) is 23.2 Å². The molecule has 3 rings (SSSR count). The van der Waals surface area contributed by atoms with Crippen LogP contribution in [0.3, 0.4) is 0 Å². The number of benzene rings is 1. The second-order valence-electron chi connectivity index (χ2n) is 6.92. The average Bonchev–Trinajstić information content (AvgIpc) is 3.32. The lowest BCUT2D eigenvalue weighted by molar-refractivity contribution is -0.123. The van der Waals surface area contributed by atoms with Crippen LogP contribution in [0.25, 0.3) is 0 Å². The summed E-state index contributed by atoms with van der Waals surface area (Å²) in [4.78, 5) is 12.0. The summed E-state index contributed by atoms with van der Waals surface area (Å²) in [5, 5.41) is 2.90. The van der Waals surface area contributed by atoms with Gasteiger partial charge in [0.15, 0.2) is 6.61 Å². The molecule has 0 aromatic heterocycles. The summed E-state index contributed by atoms with van der Waals surface area (Å²) in [7, 11) is -3.62. The van der Waals surface area contributed by atoms with Gasteiger partial charge >= 0.3 is 0 Å². The predicted octanol–water partition coefficient (Wildman–Crippen LogP) is 2.23. The topological polar surface area (TPSA) is 93.7 Å². The van der Waals surface area contributed by atoms with Crippen molar-refractivity contribution < 1.29 is 22.7 Å². The molecular weight excluding hydrogens is 392 g/mol. The molecule has 1 aliphatic heterocycles. The number of halogens is 1. The molecule has 1 atom stereocenters. The van der Waals surface area contributed by atoms with E-state index in [-0.39, 0.29) is 40.3 Å². The summed E-state index contributed by atoms with van der Waals surface area (Å²) in [5.41, 5.74) is 0. The van der Waals surface area contributed by atoms with Gasteiger partial charge in [-0.2, -0.15) is 0 Å². The van der Waals surface area contributed by atoms with Crippen molar-refractivity contribution in [2.24, 2.45) is 0 Å². The van der Waals surface area contributed by atoms with Gasteiger partial charge in [-0.1, -0.05) is 24.4 Å². The van der Waals surface area contributed by atoms with E-state index >= 15 is 0 Å². The van der Waals surface area contributed by atoms with Crippen LogP contribution >= 0.6 is 11.6 Å². The first kappa shape index (κ1) is 20.4. The smallest absolute Gasteiger partial charge is 0.258 e. The molecule has 1 amide bonds. The minimum atomic E-state index is -3.62. The van der Waals surface area contributed by atoms with Crippen LogP contribution in [0, 0.1) is 0 Å². The van der Waals surface area contributed by atoms with Gasteiger partial charge in [0.25, 0.3) is 5.91 Å². The highest BCUT2D eigenvalue weighted by atomic mass is 35.5. The maximum absolute atomic E-state index is 12.4. The number of carbonyl (C=O) groups is 1. The molecule has 2 fully saturated rings. The Bertz CT molecular complexity index is 759. The Kier molecular flexibility index (Phi) is 6.97. The Morgan fingerprint density at radius 2 is 2.00 bits per heavy atom. The van der Waals surface area contributed by atoms with Gasteiger partial charge in [0.2, 0.25) is 10.0 Å². The lowest BCUT2D eigenvalue weighted by atomic mass is 10.2. The standard InChI is InChI=1S/C18H25ClN2O5S/c19-16-10-15(27(23,24)21-13-4-1-2-5-13)7-8-17(16)26-12-18(22)20-11-14-6-3-9-25-14/h7-8,10,13-14,21H,1-6,9,11-12H2,(H,20,22)/t14-/m0/s1. The minimum absolute atomic E-state index is 0.0164. The Labute approximate surface area is 164 Å². The minimum Gasteiger partial charge on any atom is -0.482 e. The molecule has 2 aliphatic rings. The van der Waals surface area contributed by atoms with E-state index in [0.29, 0.717) is 6.54 Å². The second kappa shape index (κ2) is 9.23. The molecule has 7 nitrogen and oxygen atoms in total. The molecule has 0 radical (unpaired) electrons. The molecule has 1 heterocycles. The number of hydrogen-bond acceptors (Lipinski definition) is 5. The lowest BCUT2D eigenvalue weighted by Gasteiger charge is -2.14. The van der Waals surface area contributed by atoms with E-state index in [1.165, 1.54) is 18.2 Å². The average molecular weight is 417 g/mol. The maximum Gasteiger partial charge on any atom is 0.258 e. The molecule has 27 heavy (non-hydrogen) atoms. The molecule has 1 saturated carbocycles. The van der Waals surface area contributed by atoms with Gasteiger partial charge in [0, 0.05) is 19.2 Å². The fraction of sp³-hybridized carbons (Fsp3) is 0.611. The van der Waals surface area contributed by atoms with E-state index in [9.17, 15) is 13.2 Å². The Balaban J connectivity index is 1.52. The molecular formula is C18H25ClN2O5S. The van der Waals surface area contributed by atoms with E-state index in [2.05, 4.69) is 10.0 Å². The summed E-state index contributed by atoms with van der Waals surface area (Å²) in [5.74, 6) is -0.00934. The number of sulfonamides is 1. The Morgan fingerprint density at radius 1 is 1.22 bits per heavy atom. The summed E-state index contributed by atoms with van der Waals surface area (Å²) in [6.07, 6.45) is 5.81. The second-order valence-corrected chi connectivity index (χ2v) is 9.04. The van der Waals surface area contributed by atoms with Crippen LogP contribution in [-0.2, 0) is 19.6 Å². The zero-order valence-corrected chi connectivity index (χ0v) is 16.7. The van der Waals surface area contributed by atoms with Gasteiger partial charge in [-0.3, -0.25) is 4.79 Å². The molecule has 150 valence electrons. The molecule has 1 aliphatic carbocycles. The van der Waals surface area contributed by atoms with Crippen LogP contribution in [0.1, 0.15) is 38.5 Å². The van der Waals surface area contributed by atoms with E-state index in [0.717, 1.165) is 45.1 Å². The number of nitrogens with one attached hydrogen (secondary N) is 2. The number of hydrogen-bond donors (Lipinski definition) is 2. The molecule has 0 spiro atoms. The van der Waals surface area contributed by atoms with Gasteiger partial charge in [-0.25, -0.2) is 13.1 Å². The zero-order chi connectivity index (χ0) is 19.3. The van der Waals surface area contributed by atoms with Gasteiger partial charge in [-0.05, 0) is 43.9 Å². The number of ether oxygens (including phenoxy) is 2. The Hall–Kier alpha value is -1.35. The maximum atomic E-state index is 12.4. The van der Waals surface area contributed by atoms with E-state index in [1.54, 1.807) is 0 Å². The molecule has 1 aromatic carbocycles. The summed E-state index contributed by atoms with van der Waals surface area (Å²) < 4.78 is 38.4. The van der Waals surface area contributed by atoms with E-state index < -0.39 is 10.0 Å². The fourth-order valence-electron chi connectivity index (χ4n) is 3.32. The monoisotopic (exact) mass is 416 g/mol. The number of carbonyl (C=O) groups excluding carboxylic acids is 1. The van der Waals surface area contributed by atoms with Crippen molar-refractivity contribution in [3.63, 3.8) is 0 Å². The van der Waals surface area contributed by atoms with Crippen molar-refractivity contribution in [1.29, 1.82) is 0 Å². The lowest BCUT2D eigenvalue weighted by Crippen LogP contribution is -2.35. The van der Waals surface area contributed by atoms with Gasteiger partial charge in [0.05, 0.1) is 16.0 Å². The highest BCUT2D eigenvalue weighted by Gasteiger charge is 2.23. The third kappa shape index (κ3) is 5.81. The summed E-state index contributed by atoms with van der Waals surface area (Å²) >= 11 is 6.15. The number of amides is 1. The first-order chi connectivity index (χ1) is 12.9. The van der Waals surface area contributed by atoms with Crippen LogP contribution in [-0.4, -0.2) is 46.2 Å². The first-order valence-corrected chi connectivity index (χ1v) is 11.1. The third-order valence-corrected chi connectivity index (χ3v) is 6.61. The van der Waals surface area contributed by atoms with Crippen molar-refractivity contribution in [1.82, 2.24) is 10.0 Å². The molecule has 0 bridgehead atoms. The normalized spacial score (nSPS) is 20.7. The van der Waals surface area contributed by atoms with Crippen LogP contribution in [0.4, 0.5) is 0 Å².